The van der Waals surface area contributed by atoms with E-state index in [2.05, 4.69) is 20.9 Å². The van der Waals surface area contributed by atoms with Crippen molar-refractivity contribution in [1.82, 2.24) is 4.98 Å². The van der Waals surface area contributed by atoms with Crippen LogP contribution in [0.1, 0.15) is 19.4 Å². The molecule has 0 saturated carbocycles. The first-order valence-electron chi connectivity index (χ1n) is 4.21. The normalized spacial score (nSPS) is 11.9. The van der Waals surface area contributed by atoms with Gasteiger partial charge in [0.15, 0.2) is 0 Å². The van der Waals surface area contributed by atoms with Crippen molar-refractivity contribution in [3.63, 3.8) is 0 Å². The molecule has 1 aromatic rings. The quantitative estimate of drug-likeness (QED) is 0.773. The predicted molar refractivity (Wildman–Crippen MR) is 52.7 cm³/mol. The van der Waals surface area contributed by atoms with Crippen molar-refractivity contribution in [3.05, 3.63) is 22.3 Å². The number of hydrogen-bond donors (Lipinski definition) is 0. The summed E-state index contributed by atoms with van der Waals surface area (Å²) in [5, 5.41) is 0. The third-order valence-corrected chi connectivity index (χ3v) is 1.92. The highest BCUT2D eigenvalue weighted by molar-refractivity contribution is 9.10. The first-order valence-corrected chi connectivity index (χ1v) is 5.00. The first-order chi connectivity index (χ1) is 6.80. The number of halogens is 4. The largest absolute Gasteiger partial charge is 0.474 e. The van der Waals surface area contributed by atoms with E-state index in [1.165, 1.54) is 6.07 Å². The van der Waals surface area contributed by atoms with E-state index < -0.39 is 17.6 Å². The molecule has 0 aromatic carbocycles. The summed E-state index contributed by atoms with van der Waals surface area (Å²) < 4.78 is 42.8. The number of rotatable bonds is 2. The lowest BCUT2D eigenvalue weighted by atomic mass is 10.2. The van der Waals surface area contributed by atoms with Gasteiger partial charge in [0.2, 0.25) is 5.88 Å². The van der Waals surface area contributed by atoms with Crippen molar-refractivity contribution in [1.29, 1.82) is 0 Å². The minimum Gasteiger partial charge on any atom is -0.474 e. The van der Waals surface area contributed by atoms with Gasteiger partial charge in [0, 0.05) is 0 Å². The van der Waals surface area contributed by atoms with E-state index in [4.69, 9.17) is 4.74 Å². The van der Waals surface area contributed by atoms with Gasteiger partial charge in [-0.05, 0) is 41.9 Å². The molecule has 0 atom stereocenters. The summed E-state index contributed by atoms with van der Waals surface area (Å²) in [5.74, 6) is -0.396. The lowest BCUT2D eigenvalue weighted by Crippen LogP contribution is -2.14. The van der Waals surface area contributed by atoms with Gasteiger partial charge in [-0.3, -0.25) is 0 Å². The van der Waals surface area contributed by atoms with Crippen LogP contribution in [0, 0.1) is 0 Å². The van der Waals surface area contributed by atoms with Crippen LogP contribution < -0.4 is 4.74 Å². The van der Waals surface area contributed by atoms with Gasteiger partial charge in [0.05, 0.1) is 6.10 Å². The zero-order chi connectivity index (χ0) is 11.6. The number of alkyl halides is 3. The van der Waals surface area contributed by atoms with Gasteiger partial charge >= 0.3 is 6.18 Å². The Morgan fingerprint density at radius 2 is 1.93 bits per heavy atom. The molecule has 0 N–H and O–H groups in total. The van der Waals surface area contributed by atoms with Crippen molar-refractivity contribution in [2.24, 2.45) is 0 Å². The SMILES string of the molecule is CC(C)Oc1nc(Br)ccc1C(F)(F)F. The molecule has 0 saturated heterocycles. The van der Waals surface area contributed by atoms with Crippen LogP contribution in [0.5, 0.6) is 5.88 Å². The fourth-order valence-electron chi connectivity index (χ4n) is 0.947. The van der Waals surface area contributed by atoms with E-state index in [0.717, 1.165) is 6.07 Å². The molecule has 1 heterocycles. The number of pyridine rings is 1. The summed E-state index contributed by atoms with van der Waals surface area (Å²) in [7, 11) is 0. The Hall–Kier alpha value is -0.780. The maximum absolute atomic E-state index is 12.5. The zero-order valence-electron chi connectivity index (χ0n) is 8.10. The number of nitrogens with zero attached hydrogens (tertiary/aromatic N) is 1. The molecule has 2 nitrogen and oxygen atoms in total. The van der Waals surface area contributed by atoms with E-state index in [1.807, 2.05) is 0 Å². The van der Waals surface area contributed by atoms with E-state index in [9.17, 15) is 13.2 Å². The summed E-state index contributed by atoms with van der Waals surface area (Å²) in [5.41, 5.74) is -0.862. The molecule has 0 unspecified atom stereocenters. The van der Waals surface area contributed by atoms with Crippen LogP contribution in [0.4, 0.5) is 13.2 Å². The Morgan fingerprint density at radius 1 is 1.33 bits per heavy atom. The molecule has 84 valence electrons. The van der Waals surface area contributed by atoms with Gasteiger partial charge in [-0.25, -0.2) is 4.98 Å². The van der Waals surface area contributed by atoms with Crippen molar-refractivity contribution in [3.8, 4) is 5.88 Å². The molecule has 0 aliphatic rings. The van der Waals surface area contributed by atoms with Gasteiger partial charge in [-0.15, -0.1) is 0 Å². The maximum Gasteiger partial charge on any atom is 0.421 e. The number of hydrogen-bond acceptors (Lipinski definition) is 2. The lowest BCUT2D eigenvalue weighted by molar-refractivity contribution is -0.139. The topological polar surface area (TPSA) is 22.1 Å². The zero-order valence-corrected chi connectivity index (χ0v) is 9.69. The smallest absolute Gasteiger partial charge is 0.421 e. The van der Waals surface area contributed by atoms with Crippen LogP contribution in [-0.4, -0.2) is 11.1 Å². The van der Waals surface area contributed by atoms with E-state index in [1.54, 1.807) is 13.8 Å². The van der Waals surface area contributed by atoms with Gasteiger partial charge in [-0.2, -0.15) is 13.2 Å². The molecule has 6 heteroatoms. The summed E-state index contributed by atoms with van der Waals surface area (Å²) in [6, 6.07) is 2.17. The first kappa shape index (κ1) is 12.3. The molecule has 1 rings (SSSR count). The van der Waals surface area contributed by atoms with Crippen molar-refractivity contribution in [2.45, 2.75) is 26.1 Å². The molecule has 0 bridgehead atoms. The van der Waals surface area contributed by atoms with Gasteiger partial charge in [-0.1, -0.05) is 0 Å². The predicted octanol–water partition coefficient (Wildman–Crippen LogP) is 3.65. The Labute approximate surface area is 93.6 Å². The summed E-state index contributed by atoms with van der Waals surface area (Å²) >= 11 is 2.99. The van der Waals surface area contributed by atoms with E-state index >= 15 is 0 Å². The summed E-state index contributed by atoms with van der Waals surface area (Å²) in [6.07, 6.45) is -4.80. The Balaban J connectivity index is 3.15. The van der Waals surface area contributed by atoms with Crippen LogP contribution in [0.3, 0.4) is 0 Å². The van der Waals surface area contributed by atoms with E-state index in [-0.39, 0.29) is 6.10 Å². The average molecular weight is 284 g/mol. The highest BCUT2D eigenvalue weighted by Gasteiger charge is 2.35. The standard InChI is InChI=1S/C9H9BrF3NO/c1-5(2)15-8-6(9(11,12)13)3-4-7(10)14-8/h3-5H,1-2H3. The van der Waals surface area contributed by atoms with Crippen LogP contribution in [0.25, 0.3) is 0 Å². The molecular weight excluding hydrogens is 275 g/mol. The van der Waals surface area contributed by atoms with E-state index in [0.29, 0.717) is 4.60 Å². The molecule has 0 aliphatic heterocycles. The third-order valence-electron chi connectivity index (χ3n) is 1.48. The molecular formula is C9H9BrF3NO. The molecule has 0 aliphatic carbocycles. The minimum atomic E-state index is -4.45. The molecule has 0 spiro atoms. The molecule has 0 fully saturated rings. The third kappa shape index (κ3) is 3.37. The fourth-order valence-corrected chi connectivity index (χ4v) is 1.24. The van der Waals surface area contributed by atoms with Crippen molar-refractivity contribution in [2.75, 3.05) is 0 Å². The highest BCUT2D eigenvalue weighted by atomic mass is 79.9. The molecule has 0 radical (unpaired) electrons. The van der Waals surface area contributed by atoms with Crippen LogP contribution >= 0.6 is 15.9 Å². The molecule has 1 aromatic heterocycles. The number of ether oxygens (including phenoxy) is 1. The average Bonchev–Trinajstić information content (AvgIpc) is 1.99. The van der Waals surface area contributed by atoms with Gasteiger partial charge in [0.1, 0.15) is 10.2 Å². The Bertz CT molecular complexity index is 352. The van der Waals surface area contributed by atoms with Crippen molar-refractivity contribution >= 4 is 15.9 Å². The molecule has 15 heavy (non-hydrogen) atoms. The second-order valence-corrected chi connectivity index (χ2v) is 3.96. The van der Waals surface area contributed by atoms with Gasteiger partial charge in [0.25, 0.3) is 0 Å². The maximum atomic E-state index is 12.5. The van der Waals surface area contributed by atoms with Crippen LogP contribution in [-0.2, 0) is 6.18 Å². The van der Waals surface area contributed by atoms with Crippen LogP contribution in [0.2, 0.25) is 0 Å². The van der Waals surface area contributed by atoms with Crippen LogP contribution in [0.15, 0.2) is 16.7 Å². The fraction of sp³-hybridized carbons (Fsp3) is 0.444. The molecule has 0 amide bonds. The minimum absolute atomic E-state index is 0.311. The second-order valence-electron chi connectivity index (χ2n) is 3.15. The monoisotopic (exact) mass is 283 g/mol. The lowest BCUT2D eigenvalue weighted by Gasteiger charge is -2.14. The highest BCUT2D eigenvalue weighted by Crippen LogP contribution is 2.36. The summed E-state index contributed by atoms with van der Waals surface area (Å²) in [4.78, 5) is 3.65. The Kier molecular flexibility index (Phi) is 3.59. The van der Waals surface area contributed by atoms with Crippen molar-refractivity contribution < 1.29 is 17.9 Å². The Morgan fingerprint density at radius 3 is 2.40 bits per heavy atom. The number of aromatic nitrogens is 1. The summed E-state index contributed by atoms with van der Waals surface area (Å²) in [6.45, 7) is 3.28. The van der Waals surface area contributed by atoms with Gasteiger partial charge < -0.3 is 4.74 Å². The second kappa shape index (κ2) is 4.38.